The predicted molar refractivity (Wildman–Crippen MR) is 256 cm³/mol. The van der Waals surface area contributed by atoms with Gasteiger partial charge in [-0.05, 0) is 31.1 Å². The van der Waals surface area contributed by atoms with Crippen molar-refractivity contribution in [2.75, 3.05) is 13.2 Å². The van der Waals surface area contributed by atoms with Crippen LogP contribution in [0, 0.1) is 11.8 Å². The van der Waals surface area contributed by atoms with E-state index in [1.165, 1.54) is 186 Å². The van der Waals surface area contributed by atoms with E-state index in [2.05, 4.69) is 34.6 Å². The molecule has 0 fully saturated rings. The maximum Gasteiger partial charge on any atom is 0.306 e. The normalized spacial score (nSPS) is 12.1. The van der Waals surface area contributed by atoms with Gasteiger partial charge in [-0.2, -0.15) is 0 Å². The van der Waals surface area contributed by atoms with Gasteiger partial charge in [0.15, 0.2) is 6.10 Å². The summed E-state index contributed by atoms with van der Waals surface area (Å²) < 4.78 is 16.8. The van der Waals surface area contributed by atoms with Crippen molar-refractivity contribution in [2.45, 2.75) is 304 Å². The Labute approximate surface area is 374 Å². The zero-order chi connectivity index (χ0) is 44.0. The summed E-state index contributed by atoms with van der Waals surface area (Å²) >= 11 is 0. The first kappa shape index (κ1) is 58.4. The number of rotatable bonds is 48. The average molecular weight is 849 g/mol. The number of carbonyl (C=O) groups is 3. The summed E-state index contributed by atoms with van der Waals surface area (Å²) in [7, 11) is 0. The van der Waals surface area contributed by atoms with Gasteiger partial charge in [0, 0.05) is 19.3 Å². The molecule has 0 aliphatic heterocycles. The zero-order valence-corrected chi connectivity index (χ0v) is 41.1. The Morgan fingerprint density at radius 3 is 0.817 bits per heavy atom. The summed E-state index contributed by atoms with van der Waals surface area (Å²) in [4.78, 5) is 38.0. The first-order valence-corrected chi connectivity index (χ1v) is 26.7. The van der Waals surface area contributed by atoms with Crippen LogP contribution in [0.15, 0.2) is 0 Å². The van der Waals surface area contributed by atoms with Gasteiger partial charge in [0.2, 0.25) is 0 Å². The van der Waals surface area contributed by atoms with Crippen molar-refractivity contribution >= 4 is 17.9 Å². The van der Waals surface area contributed by atoms with Crippen LogP contribution in [-0.4, -0.2) is 37.2 Å². The standard InChI is InChI=1S/C54H104O6/c1-6-7-8-9-10-11-12-13-14-15-16-17-18-19-23-29-34-39-44-52(55)58-47-51(48-59-53(56)45-40-35-30-26-25-28-33-38-43-50(4)5)60-54(57)46-41-36-31-24-21-20-22-27-32-37-42-49(2)3/h49-51H,6-48H2,1-5H3/t51-/m1/s1. The van der Waals surface area contributed by atoms with Gasteiger partial charge in [-0.25, -0.2) is 0 Å². The monoisotopic (exact) mass is 849 g/mol. The zero-order valence-electron chi connectivity index (χ0n) is 41.1. The molecule has 0 radical (unpaired) electrons. The van der Waals surface area contributed by atoms with Gasteiger partial charge >= 0.3 is 17.9 Å². The number of unbranched alkanes of at least 4 members (excludes halogenated alkanes) is 33. The Balaban J connectivity index is 4.27. The third-order valence-corrected chi connectivity index (χ3v) is 12.2. The second kappa shape index (κ2) is 46.9. The lowest BCUT2D eigenvalue weighted by Crippen LogP contribution is -2.30. The van der Waals surface area contributed by atoms with Gasteiger partial charge < -0.3 is 14.2 Å². The average Bonchev–Trinajstić information content (AvgIpc) is 3.22. The smallest absolute Gasteiger partial charge is 0.306 e. The molecule has 0 aromatic heterocycles. The topological polar surface area (TPSA) is 78.9 Å². The van der Waals surface area contributed by atoms with Crippen molar-refractivity contribution in [2.24, 2.45) is 11.8 Å². The molecule has 0 aliphatic rings. The second-order valence-electron chi connectivity index (χ2n) is 19.5. The quantitative estimate of drug-likeness (QED) is 0.0345. The van der Waals surface area contributed by atoms with E-state index in [9.17, 15) is 14.4 Å². The van der Waals surface area contributed by atoms with Crippen molar-refractivity contribution in [3.8, 4) is 0 Å². The minimum Gasteiger partial charge on any atom is -0.462 e. The van der Waals surface area contributed by atoms with Crippen LogP contribution in [0.5, 0.6) is 0 Å². The van der Waals surface area contributed by atoms with E-state index in [-0.39, 0.29) is 31.1 Å². The van der Waals surface area contributed by atoms with E-state index in [1.807, 2.05) is 0 Å². The summed E-state index contributed by atoms with van der Waals surface area (Å²) in [6.45, 7) is 11.3. The summed E-state index contributed by atoms with van der Waals surface area (Å²) in [6, 6.07) is 0. The Kier molecular flexibility index (Phi) is 45.7. The molecule has 6 heteroatoms. The van der Waals surface area contributed by atoms with Crippen LogP contribution in [0.25, 0.3) is 0 Å². The fourth-order valence-electron chi connectivity index (χ4n) is 8.17. The van der Waals surface area contributed by atoms with Gasteiger partial charge in [-0.3, -0.25) is 14.4 Å². The fraction of sp³-hybridized carbons (Fsp3) is 0.944. The van der Waals surface area contributed by atoms with Crippen molar-refractivity contribution in [3.63, 3.8) is 0 Å². The molecule has 0 heterocycles. The number of hydrogen-bond donors (Lipinski definition) is 0. The lowest BCUT2D eigenvalue weighted by Gasteiger charge is -2.18. The van der Waals surface area contributed by atoms with E-state index in [0.29, 0.717) is 19.3 Å². The molecular formula is C54H104O6. The summed E-state index contributed by atoms with van der Waals surface area (Å²) in [6.07, 6.45) is 48.1. The fourth-order valence-corrected chi connectivity index (χ4v) is 8.17. The van der Waals surface area contributed by atoms with Crippen LogP contribution in [0.1, 0.15) is 298 Å². The molecule has 0 saturated carbocycles. The molecule has 0 amide bonds. The van der Waals surface area contributed by atoms with Crippen LogP contribution >= 0.6 is 0 Å². The highest BCUT2D eigenvalue weighted by Gasteiger charge is 2.19. The highest BCUT2D eigenvalue weighted by atomic mass is 16.6. The minimum atomic E-state index is -0.762. The lowest BCUT2D eigenvalue weighted by molar-refractivity contribution is -0.167. The second-order valence-corrected chi connectivity index (χ2v) is 19.5. The van der Waals surface area contributed by atoms with Crippen molar-refractivity contribution in [3.05, 3.63) is 0 Å². The molecule has 0 rings (SSSR count). The molecule has 0 aliphatic carbocycles. The molecular weight excluding hydrogens is 745 g/mol. The predicted octanol–water partition coefficient (Wildman–Crippen LogP) is 17.3. The third kappa shape index (κ3) is 47.5. The lowest BCUT2D eigenvalue weighted by atomic mass is 10.0. The van der Waals surface area contributed by atoms with Crippen LogP contribution in [0.4, 0.5) is 0 Å². The first-order chi connectivity index (χ1) is 29.2. The van der Waals surface area contributed by atoms with Gasteiger partial charge in [-0.1, -0.05) is 259 Å². The molecule has 0 bridgehead atoms. The Hall–Kier alpha value is -1.59. The molecule has 0 aromatic carbocycles. The highest BCUT2D eigenvalue weighted by Crippen LogP contribution is 2.17. The molecule has 0 saturated heterocycles. The van der Waals surface area contributed by atoms with Gasteiger partial charge in [0.25, 0.3) is 0 Å². The molecule has 0 aromatic rings. The van der Waals surface area contributed by atoms with Crippen molar-refractivity contribution in [1.29, 1.82) is 0 Å². The molecule has 0 unspecified atom stereocenters. The van der Waals surface area contributed by atoms with E-state index in [1.54, 1.807) is 0 Å². The van der Waals surface area contributed by atoms with Crippen LogP contribution in [0.2, 0.25) is 0 Å². The van der Waals surface area contributed by atoms with Crippen molar-refractivity contribution < 1.29 is 28.6 Å². The molecule has 0 N–H and O–H groups in total. The molecule has 6 nitrogen and oxygen atoms in total. The largest absolute Gasteiger partial charge is 0.462 e. The Morgan fingerprint density at radius 2 is 0.550 bits per heavy atom. The third-order valence-electron chi connectivity index (χ3n) is 12.2. The molecule has 356 valence electrons. The Morgan fingerprint density at radius 1 is 0.317 bits per heavy atom. The van der Waals surface area contributed by atoms with E-state index >= 15 is 0 Å². The SMILES string of the molecule is CCCCCCCCCCCCCCCCCCCCC(=O)OC[C@H](COC(=O)CCCCCCCCCCC(C)C)OC(=O)CCCCCCCCCCCCC(C)C. The van der Waals surface area contributed by atoms with Crippen LogP contribution in [-0.2, 0) is 28.6 Å². The van der Waals surface area contributed by atoms with E-state index in [4.69, 9.17) is 14.2 Å². The summed E-state index contributed by atoms with van der Waals surface area (Å²) in [5, 5.41) is 0. The van der Waals surface area contributed by atoms with Gasteiger partial charge in [-0.15, -0.1) is 0 Å². The number of carbonyl (C=O) groups excluding carboxylic acids is 3. The number of hydrogen-bond acceptors (Lipinski definition) is 6. The Bertz CT molecular complexity index is 916. The van der Waals surface area contributed by atoms with Crippen LogP contribution in [0.3, 0.4) is 0 Å². The van der Waals surface area contributed by atoms with Gasteiger partial charge in [0.1, 0.15) is 13.2 Å². The van der Waals surface area contributed by atoms with Crippen molar-refractivity contribution in [1.82, 2.24) is 0 Å². The maximum atomic E-state index is 12.8. The summed E-state index contributed by atoms with van der Waals surface area (Å²) in [5.74, 6) is 0.764. The highest BCUT2D eigenvalue weighted by molar-refractivity contribution is 5.71. The molecule has 1 atom stereocenters. The van der Waals surface area contributed by atoms with E-state index < -0.39 is 6.10 Å². The minimum absolute atomic E-state index is 0.0639. The first-order valence-electron chi connectivity index (χ1n) is 26.7. The molecule has 0 spiro atoms. The molecule has 60 heavy (non-hydrogen) atoms. The summed E-state index contributed by atoms with van der Waals surface area (Å²) in [5.41, 5.74) is 0. The number of esters is 3. The number of ether oxygens (including phenoxy) is 3. The van der Waals surface area contributed by atoms with Gasteiger partial charge in [0.05, 0.1) is 0 Å². The maximum absolute atomic E-state index is 12.8. The van der Waals surface area contributed by atoms with E-state index in [0.717, 1.165) is 69.6 Å². The van der Waals surface area contributed by atoms with Crippen LogP contribution < -0.4 is 0 Å².